The Kier molecular flexibility index (Phi) is 6.84. The summed E-state index contributed by atoms with van der Waals surface area (Å²) in [4.78, 5) is 22.2. The van der Waals surface area contributed by atoms with Crippen molar-refractivity contribution in [2.75, 3.05) is 11.5 Å². The molecule has 110 valence electrons. The Morgan fingerprint density at radius 2 is 2.10 bits per heavy atom. The van der Waals surface area contributed by atoms with Crippen LogP contribution < -0.4 is 11.1 Å². The maximum absolute atomic E-state index is 11.7. The first-order valence-electron chi connectivity index (χ1n) is 6.01. The standard InChI is InChI=1S/C13H17ClN2O3S/c1-8(9-4-2-3-5-10(9)14)16-12(17)7-20-6-11(15)13(18)19/h2-5,8,11H,6-7,15H2,1H3,(H,16,17)(H,18,19)/t8?,11-/m1/s1. The highest BCUT2D eigenvalue weighted by molar-refractivity contribution is 8.00. The van der Waals surface area contributed by atoms with Gasteiger partial charge in [0.2, 0.25) is 5.91 Å². The van der Waals surface area contributed by atoms with E-state index in [9.17, 15) is 9.59 Å². The van der Waals surface area contributed by atoms with Crippen LogP contribution in [0.5, 0.6) is 0 Å². The van der Waals surface area contributed by atoms with Gasteiger partial charge in [0.05, 0.1) is 11.8 Å². The van der Waals surface area contributed by atoms with Crippen molar-refractivity contribution in [2.45, 2.75) is 19.0 Å². The first-order chi connectivity index (χ1) is 9.41. The predicted octanol–water partition coefficient (Wildman–Crippen LogP) is 1.66. The summed E-state index contributed by atoms with van der Waals surface area (Å²) in [7, 11) is 0. The Labute approximate surface area is 126 Å². The molecular formula is C13H17ClN2O3S. The number of thioether (sulfide) groups is 1. The highest BCUT2D eigenvalue weighted by atomic mass is 35.5. The molecule has 5 nitrogen and oxygen atoms in total. The molecule has 1 unspecified atom stereocenters. The molecule has 0 spiro atoms. The van der Waals surface area contributed by atoms with Gasteiger partial charge in [0.1, 0.15) is 6.04 Å². The lowest BCUT2D eigenvalue weighted by Gasteiger charge is -2.15. The van der Waals surface area contributed by atoms with Crippen molar-refractivity contribution in [3.05, 3.63) is 34.9 Å². The fourth-order valence-corrected chi connectivity index (χ4v) is 2.62. The molecule has 0 heterocycles. The zero-order valence-corrected chi connectivity index (χ0v) is 12.6. The monoisotopic (exact) mass is 316 g/mol. The number of carboxylic acid groups (broad SMARTS) is 1. The molecule has 2 atom stereocenters. The molecule has 1 aromatic rings. The number of benzene rings is 1. The number of amides is 1. The van der Waals surface area contributed by atoms with Gasteiger partial charge in [-0.25, -0.2) is 0 Å². The molecule has 0 fully saturated rings. The summed E-state index contributed by atoms with van der Waals surface area (Å²) in [6.45, 7) is 1.84. The second-order valence-corrected chi connectivity index (χ2v) is 5.71. The van der Waals surface area contributed by atoms with E-state index < -0.39 is 12.0 Å². The minimum absolute atomic E-state index is 0.162. The smallest absolute Gasteiger partial charge is 0.321 e. The highest BCUT2D eigenvalue weighted by Crippen LogP contribution is 2.22. The van der Waals surface area contributed by atoms with E-state index in [2.05, 4.69) is 5.32 Å². The molecule has 0 saturated carbocycles. The molecule has 20 heavy (non-hydrogen) atoms. The summed E-state index contributed by atoms with van der Waals surface area (Å²) in [5.74, 6) is -0.888. The number of nitrogens with two attached hydrogens (primary N) is 1. The summed E-state index contributed by atoms with van der Waals surface area (Å²) in [6, 6.07) is 6.13. The molecular weight excluding hydrogens is 300 g/mol. The van der Waals surface area contributed by atoms with Crippen molar-refractivity contribution < 1.29 is 14.7 Å². The molecule has 4 N–H and O–H groups in total. The lowest BCUT2D eigenvalue weighted by atomic mass is 10.1. The minimum Gasteiger partial charge on any atom is -0.480 e. The minimum atomic E-state index is -1.07. The Morgan fingerprint density at radius 3 is 2.70 bits per heavy atom. The van der Waals surface area contributed by atoms with Crippen molar-refractivity contribution in [3.8, 4) is 0 Å². The van der Waals surface area contributed by atoms with Gasteiger partial charge in [0.15, 0.2) is 0 Å². The van der Waals surface area contributed by atoms with Crippen molar-refractivity contribution in [1.29, 1.82) is 0 Å². The highest BCUT2D eigenvalue weighted by Gasteiger charge is 2.14. The zero-order valence-electron chi connectivity index (χ0n) is 11.0. The average Bonchev–Trinajstić information content (AvgIpc) is 2.38. The van der Waals surface area contributed by atoms with Crippen LogP contribution in [0, 0.1) is 0 Å². The third kappa shape index (κ3) is 5.40. The quantitative estimate of drug-likeness (QED) is 0.711. The SMILES string of the molecule is CC(NC(=O)CSC[C@@H](N)C(=O)O)c1ccccc1Cl. The van der Waals surface area contributed by atoms with Crippen molar-refractivity contribution in [3.63, 3.8) is 0 Å². The normalized spacial score (nSPS) is 13.6. The molecule has 1 aromatic carbocycles. The second-order valence-electron chi connectivity index (χ2n) is 4.27. The number of carbonyl (C=O) groups is 2. The van der Waals surface area contributed by atoms with E-state index in [1.54, 1.807) is 6.07 Å². The predicted molar refractivity (Wildman–Crippen MR) is 80.9 cm³/mol. The maximum atomic E-state index is 11.7. The average molecular weight is 317 g/mol. The molecule has 1 amide bonds. The number of carbonyl (C=O) groups excluding carboxylic acids is 1. The van der Waals surface area contributed by atoms with Crippen LogP contribution >= 0.6 is 23.4 Å². The van der Waals surface area contributed by atoms with E-state index in [0.29, 0.717) is 5.02 Å². The van der Waals surface area contributed by atoms with Gasteiger partial charge in [-0.2, -0.15) is 0 Å². The van der Waals surface area contributed by atoms with Crippen LogP contribution in [0.25, 0.3) is 0 Å². The number of halogens is 1. The van der Waals surface area contributed by atoms with E-state index >= 15 is 0 Å². The third-order valence-corrected chi connectivity index (χ3v) is 4.00. The number of carboxylic acids is 1. The van der Waals surface area contributed by atoms with Gasteiger partial charge in [-0.15, -0.1) is 11.8 Å². The van der Waals surface area contributed by atoms with Crippen LogP contribution in [0.15, 0.2) is 24.3 Å². The van der Waals surface area contributed by atoms with Gasteiger partial charge in [0, 0.05) is 10.8 Å². The van der Waals surface area contributed by atoms with Crippen molar-refractivity contribution >= 4 is 35.2 Å². The van der Waals surface area contributed by atoms with Gasteiger partial charge in [-0.3, -0.25) is 9.59 Å². The van der Waals surface area contributed by atoms with Gasteiger partial charge < -0.3 is 16.2 Å². The fourth-order valence-electron chi connectivity index (χ4n) is 1.54. The number of hydrogen-bond acceptors (Lipinski definition) is 4. The summed E-state index contributed by atoms with van der Waals surface area (Å²) in [5.41, 5.74) is 6.19. The van der Waals surface area contributed by atoms with Gasteiger partial charge in [-0.05, 0) is 18.6 Å². The van der Waals surface area contributed by atoms with E-state index in [4.69, 9.17) is 22.4 Å². The maximum Gasteiger partial charge on any atom is 0.321 e. The third-order valence-electron chi connectivity index (χ3n) is 2.60. The first-order valence-corrected chi connectivity index (χ1v) is 7.55. The van der Waals surface area contributed by atoms with E-state index in [1.165, 1.54) is 11.8 Å². The molecule has 0 bridgehead atoms. The second kappa shape index (κ2) is 8.14. The Balaban J connectivity index is 2.39. The van der Waals surface area contributed by atoms with Crippen molar-refractivity contribution in [1.82, 2.24) is 5.32 Å². The number of hydrogen-bond donors (Lipinski definition) is 3. The van der Waals surface area contributed by atoms with Gasteiger partial charge in [-0.1, -0.05) is 29.8 Å². The zero-order chi connectivity index (χ0) is 15.1. The molecule has 7 heteroatoms. The van der Waals surface area contributed by atoms with Crippen LogP contribution in [-0.2, 0) is 9.59 Å². The molecule has 0 aliphatic rings. The Morgan fingerprint density at radius 1 is 1.45 bits per heavy atom. The largest absolute Gasteiger partial charge is 0.480 e. The summed E-state index contributed by atoms with van der Waals surface area (Å²) >= 11 is 7.23. The lowest BCUT2D eigenvalue weighted by Crippen LogP contribution is -2.34. The Hall–Kier alpha value is -1.24. The number of rotatable bonds is 7. The van der Waals surface area contributed by atoms with Crippen LogP contribution in [0.3, 0.4) is 0 Å². The Bertz CT molecular complexity index is 484. The summed E-state index contributed by atoms with van der Waals surface area (Å²) in [5, 5.41) is 12.0. The number of aliphatic carboxylic acids is 1. The molecule has 0 radical (unpaired) electrons. The molecule has 0 saturated heterocycles. The van der Waals surface area contributed by atoms with E-state index in [0.717, 1.165) is 5.56 Å². The van der Waals surface area contributed by atoms with Crippen LogP contribution in [0.2, 0.25) is 5.02 Å². The fraction of sp³-hybridized carbons (Fsp3) is 0.385. The van der Waals surface area contributed by atoms with Crippen LogP contribution in [0.4, 0.5) is 0 Å². The molecule has 0 aliphatic heterocycles. The first kappa shape index (κ1) is 16.8. The van der Waals surface area contributed by atoms with Gasteiger partial charge in [0.25, 0.3) is 0 Å². The van der Waals surface area contributed by atoms with E-state index in [1.807, 2.05) is 25.1 Å². The van der Waals surface area contributed by atoms with Crippen LogP contribution in [-0.4, -0.2) is 34.5 Å². The van der Waals surface area contributed by atoms with Crippen LogP contribution in [0.1, 0.15) is 18.5 Å². The lowest BCUT2D eigenvalue weighted by molar-refractivity contribution is -0.138. The van der Waals surface area contributed by atoms with E-state index in [-0.39, 0.29) is 23.5 Å². The van der Waals surface area contributed by atoms with Crippen molar-refractivity contribution in [2.24, 2.45) is 5.73 Å². The summed E-state index contributed by atoms with van der Waals surface area (Å²) < 4.78 is 0. The number of nitrogens with one attached hydrogen (secondary N) is 1. The summed E-state index contributed by atoms with van der Waals surface area (Å²) in [6.07, 6.45) is 0. The molecule has 1 rings (SSSR count). The molecule has 0 aliphatic carbocycles. The topological polar surface area (TPSA) is 92.4 Å². The molecule has 0 aromatic heterocycles. The van der Waals surface area contributed by atoms with Gasteiger partial charge >= 0.3 is 5.97 Å².